The van der Waals surface area contributed by atoms with Crippen LogP contribution in [0.25, 0.3) is 0 Å². The molecule has 1 heterocycles. The molecule has 0 aliphatic rings. The van der Waals surface area contributed by atoms with Gasteiger partial charge in [0.1, 0.15) is 17.8 Å². The van der Waals surface area contributed by atoms with Crippen LogP contribution in [0, 0.1) is 17.1 Å². The molecule has 0 aliphatic carbocycles. The first-order valence-corrected chi connectivity index (χ1v) is 8.86. The Kier molecular flexibility index (Phi) is 5.50. The van der Waals surface area contributed by atoms with Crippen LogP contribution in [0.4, 0.5) is 4.39 Å². The van der Waals surface area contributed by atoms with Crippen LogP contribution in [-0.2, 0) is 11.3 Å². The molecular formula is C21H20FN5O. The molecule has 0 bridgehead atoms. The van der Waals surface area contributed by atoms with Gasteiger partial charge in [0, 0.05) is 0 Å². The summed E-state index contributed by atoms with van der Waals surface area (Å²) in [7, 11) is 0. The molecule has 1 atom stereocenters. The van der Waals surface area contributed by atoms with Gasteiger partial charge < -0.3 is 5.73 Å². The third-order valence-electron chi connectivity index (χ3n) is 4.55. The van der Waals surface area contributed by atoms with E-state index in [2.05, 4.69) is 24.0 Å². The first-order chi connectivity index (χ1) is 13.4. The molecule has 0 saturated carbocycles. The van der Waals surface area contributed by atoms with Crippen LogP contribution >= 0.6 is 0 Å². The van der Waals surface area contributed by atoms with Crippen molar-refractivity contribution in [2.24, 2.45) is 5.73 Å². The fourth-order valence-electron chi connectivity index (χ4n) is 2.99. The summed E-state index contributed by atoms with van der Waals surface area (Å²) >= 11 is 0. The molecule has 6 nitrogen and oxygen atoms in total. The van der Waals surface area contributed by atoms with Crippen molar-refractivity contribution >= 4 is 5.91 Å². The van der Waals surface area contributed by atoms with Crippen molar-refractivity contribution in [3.05, 3.63) is 82.4 Å². The second kappa shape index (κ2) is 8.01. The van der Waals surface area contributed by atoms with Crippen LogP contribution in [0.15, 0.2) is 48.7 Å². The highest BCUT2D eigenvalue weighted by atomic mass is 19.1. The van der Waals surface area contributed by atoms with E-state index in [1.807, 2.05) is 30.3 Å². The smallest absolute Gasteiger partial charge is 0.231 e. The van der Waals surface area contributed by atoms with E-state index in [0.29, 0.717) is 17.2 Å². The van der Waals surface area contributed by atoms with E-state index in [1.54, 1.807) is 6.07 Å². The lowest BCUT2D eigenvalue weighted by Gasteiger charge is -2.12. The van der Waals surface area contributed by atoms with Gasteiger partial charge in [-0.3, -0.25) is 4.79 Å². The topological polar surface area (TPSA) is 97.6 Å². The number of aromatic nitrogens is 3. The fraction of sp³-hybridized carbons (Fsp3) is 0.238. The number of halogens is 1. The maximum Gasteiger partial charge on any atom is 0.231 e. The van der Waals surface area contributed by atoms with Crippen LogP contribution in [0.2, 0.25) is 0 Å². The summed E-state index contributed by atoms with van der Waals surface area (Å²) in [6, 6.07) is 13.8. The lowest BCUT2D eigenvalue weighted by molar-refractivity contribution is -0.118. The summed E-state index contributed by atoms with van der Waals surface area (Å²) in [6.45, 7) is 4.44. The zero-order chi connectivity index (χ0) is 20.3. The predicted molar refractivity (Wildman–Crippen MR) is 102 cm³/mol. The summed E-state index contributed by atoms with van der Waals surface area (Å²) in [5, 5.41) is 17.5. The Morgan fingerprint density at radius 3 is 2.50 bits per heavy atom. The highest BCUT2D eigenvalue weighted by molar-refractivity contribution is 5.85. The monoisotopic (exact) mass is 377 g/mol. The van der Waals surface area contributed by atoms with Gasteiger partial charge in [-0.1, -0.05) is 44.2 Å². The molecule has 142 valence electrons. The molecule has 0 saturated heterocycles. The normalized spacial score (nSPS) is 12.0. The summed E-state index contributed by atoms with van der Waals surface area (Å²) < 4.78 is 13.5. The standard InChI is InChI=1S/C21H20FN5O/c1-13(2)15-4-6-16(7-5-15)20(21(24)28)19-11-25-27(26-19)12-14-3-8-18(22)17(9-14)10-23/h3-9,11,13,20H,12H2,1-2H3,(H2,24,28). The van der Waals surface area contributed by atoms with Crippen molar-refractivity contribution in [1.29, 1.82) is 5.26 Å². The third kappa shape index (κ3) is 4.07. The van der Waals surface area contributed by atoms with Gasteiger partial charge in [-0.2, -0.15) is 20.3 Å². The van der Waals surface area contributed by atoms with Crippen LogP contribution in [-0.4, -0.2) is 20.9 Å². The van der Waals surface area contributed by atoms with E-state index in [1.165, 1.54) is 28.7 Å². The highest BCUT2D eigenvalue weighted by Gasteiger charge is 2.23. The Morgan fingerprint density at radius 2 is 1.89 bits per heavy atom. The number of carbonyl (C=O) groups is 1. The Balaban J connectivity index is 1.85. The van der Waals surface area contributed by atoms with Gasteiger partial charge >= 0.3 is 0 Å². The highest BCUT2D eigenvalue weighted by Crippen LogP contribution is 2.25. The molecule has 0 aliphatic heterocycles. The van der Waals surface area contributed by atoms with E-state index < -0.39 is 17.6 Å². The summed E-state index contributed by atoms with van der Waals surface area (Å²) in [4.78, 5) is 13.5. The zero-order valence-corrected chi connectivity index (χ0v) is 15.6. The molecule has 2 aromatic carbocycles. The number of nitrogens with zero attached hydrogens (tertiary/aromatic N) is 4. The predicted octanol–water partition coefficient (Wildman–Crippen LogP) is 3.08. The van der Waals surface area contributed by atoms with Gasteiger partial charge in [0.2, 0.25) is 5.91 Å². The van der Waals surface area contributed by atoms with Crippen molar-refractivity contribution in [3.8, 4) is 6.07 Å². The second-order valence-electron chi connectivity index (χ2n) is 6.88. The van der Waals surface area contributed by atoms with E-state index in [4.69, 9.17) is 11.0 Å². The molecule has 28 heavy (non-hydrogen) atoms. The number of hydrogen-bond acceptors (Lipinski definition) is 4. The van der Waals surface area contributed by atoms with Crippen molar-refractivity contribution < 1.29 is 9.18 Å². The number of carbonyl (C=O) groups excluding carboxylic acids is 1. The minimum atomic E-state index is -0.710. The molecule has 3 rings (SSSR count). The Bertz CT molecular complexity index is 1030. The van der Waals surface area contributed by atoms with Gasteiger partial charge in [0.15, 0.2) is 0 Å². The van der Waals surface area contributed by atoms with Gasteiger partial charge in [-0.05, 0) is 34.7 Å². The average Bonchev–Trinajstić information content (AvgIpc) is 3.11. The maximum atomic E-state index is 13.5. The van der Waals surface area contributed by atoms with Crippen molar-refractivity contribution in [3.63, 3.8) is 0 Å². The zero-order valence-electron chi connectivity index (χ0n) is 15.6. The summed E-state index contributed by atoms with van der Waals surface area (Å²) in [5.41, 5.74) is 8.61. The third-order valence-corrected chi connectivity index (χ3v) is 4.55. The van der Waals surface area contributed by atoms with Crippen LogP contribution in [0.5, 0.6) is 0 Å². The molecule has 0 radical (unpaired) electrons. The van der Waals surface area contributed by atoms with Gasteiger partial charge in [0.25, 0.3) is 0 Å². The quantitative estimate of drug-likeness (QED) is 0.714. The number of nitriles is 1. The first kappa shape index (κ1) is 19.2. The SMILES string of the molecule is CC(C)c1ccc(C(C(N)=O)c2cnn(Cc3ccc(F)c(C#N)c3)n2)cc1. The molecule has 1 amide bonds. The molecule has 2 N–H and O–H groups in total. The van der Waals surface area contributed by atoms with Gasteiger partial charge in [-0.15, -0.1) is 0 Å². The molecule has 0 spiro atoms. The summed E-state index contributed by atoms with van der Waals surface area (Å²) in [5.74, 6) is -1.41. The van der Waals surface area contributed by atoms with Gasteiger partial charge in [-0.25, -0.2) is 4.39 Å². The van der Waals surface area contributed by atoms with E-state index in [0.717, 1.165) is 5.56 Å². The maximum absolute atomic E-state index is 13.5. The fourth-order valence-corrected chi connectivity index (χ4v) is 2.99. The van der Waals surface area contributed by atoms with E-state index >= 15 is 0 Å². The van der Waals surface area contributed by atoms with Crippen LogP contribution < -0.4 is 5.73 Å². The van der Waals surface area contributed by atoms with Gasteiger partial charge in [0.05, 0.1) is 24.0 Å². The number of nitrogens with two attached hydrogens (primary N) is 1. The number of primary amides is 1. The molecule has 7 heteroatoms. The summed E-state index contributed by atoms with van der Waals surface area (Å²) in [6.07, 6.45) is 1.50. The second-order valence-corrected chi connectivity index (χ2v) is 6.88. The van der Waals surface area contributed by atoms with Crippen LogP contribution in [0.3, 0.4) is 0 Å². The van der Waals surface area contributed by atoms with Crippen LogP contribution in [0.1, 0.15) is 53.6 Å². The Morgan fingerprint density at radius 1 is 1.21 bits per heavy atom. The minimum absolute atomic E-state index is 0.0369. The lowest BCUT2D eigenvalue weighted by atomic mass is 9.93. The Hall–Kier alpha value is -3.53. The van der Waals surface area contributed by atoms with E-state index in [9.17, 15) is 9.18 Å². The molecule has 3 aromatic rings. The minimum Gasteiger partial charge on any atom is -0.369 e. The number of benzene rings is 2. The number of amides is 1. The molecular weight excluding hydrogens is 357 g/mol. The van der Waals surface area contributed by atoms with E-state index in [-0.39, 0.29) is 12.1 Å². The number of hydrogen-bond donors (Lipinski definition) is 1. The molecule has 1 aromatic heterocycles. The van der Waals surface area contributed by atoms with Crippen molar-refractivity contribution in [1.82, 2.24) is 15.0 Å². The van der Waals surface area contributed by atoms with Crippen molar-refractivity contribution in [2.45, 2.75) is 32.2 Å². The molecule has 1 unspecified atom stereocenters. The lowest BCUT2D eigenvalue weighted by Crippen LogP contribution is -2.23. The largest absolute Gasteiger partial charge is 0.369 e. The van der Waals surface area contributed by atoms with Crippen molar-refractivity contribution in [2.75, 3.05) is 0 Å². The Labute approximate surface area is 162 Å². The molecule has 0 fully saturated rings. The first-order valence-electron chi connectivity index (χ1n) is 8.86. The number of rotatable bonds is 6. The average molecular weight is 377 g/mol.